The van der Waals surface area contributed by atoms with Crippen molar-refractivity contribution in [2.45, 2.75) is 0 Å². The van der Waals surface area contributed by atoms with Crippen molar-refractivity contribution < 1.29 is 4.42 Å². The highest BCUT2D eigenvalue weighted by atomic mass is 16.3. The van der Waals surface area contributed by atoms with Crippen LogP contribution in [-0.2, 0) is 0 Å². The summed E-state index contributed by atoms with van der Waals surface area (Å²) in [4.78, 5) is 2.37. The molecule has 10 aromatic rings. The summed E-state index contributed by atoms with van der Waals surface area (Å²) in [5.41, 5.74) is 12.0. The molecule has 10 rings (SSSR count). The Balaban J connectivity index is 1.13. The minimum Gasteiger partial charge on any atom is -0.455 e. The molecule has 0 aliphatic rings. The standard InChI is InChI=1S/C50H33NO/c1-2-13-38-33-39(24-23-34(38)11-1)35-25-29-40(30-26-35)51(41-31-27-37(28-32-41)43-18-9-14-36-12-3-4-15-42(36)43)48-21-7-5-16-44(48)46-19-10-20-47-45-17-6-8-22-49(45)52-50(46)47/h1-33H. The van der Waals surface area contributed by atoms with E-state index in [2.05, 4.69) is 193 Å². The lowest BCUT2D eigenvalue weighted by atomic mass is 9.97. The van der Waals surface area contributed by atoms with Gasteiger partial charge in [0.05, 0.1) is 5.69 Å². The summed E-state index contributed by atoms with van der Waals surface area (Å²) in [5.74, 6) is 0. The predicted molar refractivity (Wildman–Crippen MR) is 220 cm³/mol. The zero-order valence-corrected chi connectivity index (χ0v) is 28.4. The number of hydrogen-bond donors (Lipinski definition) is 0. The Morgan fingerprint density at radius 2 is 0.885 bits per heavy atom. The van der Waals surface area contributed by atoms with Crippen LogP contribution in [0.2, 0.25) is 0 Å². The van der Waals surface area contributed by atoms with E-state index in [1.165, 1.54) is 43.8 Å². The van der Waals surface area contributed by atoms with Gasteiger partial charge in [0, 0.05) is 33.3 Å². The molecule has 0 N–H and O–H groups in total. The normalized spacial score (nSPS) is 11.5. The van der Waals surface area contributed by atoms with Gasteiger partial charge in [0.25, 0.3) is 0 Å². The maximum Gasteiger partial charge on any atom is 0.143 e. The molecule has 0 atom stereocenters. The molecular formula is C50H33NO. The van der Waals surface area contributed by atoms with Gasteiger partial charge in [-0.25, -0.2) is 0 Å². The second-order valence-electron chi connectivity index (χ2n) is 13.3. The number of anilines is 3. The number of nitrogens with zero attached hydrogens (tertiary/aromatic N) is 1. The van der Waals surface area contributed by atoms with Crippen molar-refractivity contribution in [3.63, 3.8) is 0 Å². The Kier molecular flexibility index (Phi) is 7.18. The van der Waals surface area contributed by atoms with Gasteiger partial charge in [-0.1, -0.05) is 158 Å². The van der Waals surface area contributed by atoms with Crippen LogP contribution in [0.5, 0.6) is 0 Å². The van der Waals surface area contributed by atoms with Crippen LogP contribution in [0.4, 0.5) is 17.1 Å². The molecule has 0 bridgehead atoms. The van der Waals surface area contributed by atoms with Crippen LogP contribution >= 0.6 is 0 Å². The van der Waals surface area contributed by atoms with Gasteiger partial charge >= 0.3 is 0 Å². The Labute approximate surface area is 302 Å². The highest BCUT2D eigenvalue weighted by molar-refractivity contribution is 6.11. The third-order valence-corrected chi connectivity index (χ3v) is 10.3. The third kappa shape index (κ3) is 5.12. The molecule has 0 saturated heterocycles. The molecule has 9 aromatic carbocycles. The molecular weight excluding hydrogens is 631 g/mol. The maximum atomic E-state index is 6.56. The zero-order chi connectivity index (χ0) is 34.4. The van der Waals surface area contributed by atoms with Crippen molar-refractivity contribution in [3.05, 3.63) is 200 Å². The number of fused-ring (bicyclic) bond motifs is 5. The maximum absolute atomic E-state index is 6.56. The molecule has 0 saturated carbocycles. The third-order valence-electron chi connectivity index (χ3n) is 10.3. The van der Waals surface area contributed by atoms with Crippen molar-refractivity contribution in [2.75, 3.05) is 4.90 Å². The molecule has 1 aromatic heterocycles. The van der Waals surface area contributed by atoms with E-state index < -0.39 is 0 Å². The van der Waals surface area contributed by atoms with E-state index in [1.54, 1.807) is 0 Å². The summed E-state index contributed by atoms with van der Waals surface area (Å²) in [7, 11) is 0. The Bertz CT molecular complexity index is 2890. The molecule has 2 heteroatoms. The van der Waals surface area contributed by atoms with Crippen LogP contribution < -0.4 is 4.90 Å². The fraction of sp³-hybridized carbons (Fsp3) is 0. The largest absolute Gasteiger partial charge is 0.455 e. The summed E-state index contributed by atoms with van der Waals surface area (Å²) >= 11 is 0. The predicted octanol–water partition coefficient (Wildman–Crippen LogP) is 14.4. The molecule has 244 valence electrons. The Hall–Kier alpha value is -6.90. The molecule has 1 heterocycles. The lowest BCUT2D eigenvalue weighted by Gasteiger charge is -2.28. The Morgan fingerprint density at radius 3 is 1.71 bits per heavy atom. The smallest absolute Gasteiger partial charge is 0.143 e. The Morgan fingerprint density at radius 1 is 0.327 bits per heavy atom. The second kappa shape index (κ2) is 12.5. The number of rotatable bonds is 6. The number of benzene rings is 9. The van der Waals surface area contributed by atoms with Gasteiger partial charge in [0.15, 0.2) is 0 Å². The second-order valence-corrected chi connectivity index (χ2v) is 13.3. The molecule has 0 radical (unpaired) electrons. The first-order valence-electron chi connectivity index (χ1n) is 17.8. The van der Waals surface area contributed by atoms with E-state index in [0.717, 1.165) is 50.1 Å². The SMILES string of the molecule is c1ccc(N(c2ccc(-c3ccc4ccccc4c3)cc2)c2ccc(-c3cccc4ccccc34)cc2)c(-c2cccc3c2oc2ccccc23)c1. The molecule has 2 nitrogen and oxygen atoms in total. The zero-order valence-electron chi connectivity index (χ0n) is 28.4. The fourth-order valence-corrected chi connectivity index (χ4v) is 7.72. The summed E-state index contributed by atoms with van der Waals surface area (Å²) in [6.45, 7) is 0. The molecule has 0 amide bonds. The molecule has 0 aliphatic carbocycles. The van der Waals surface area contributed by atoms with Crippen molar-refractivity contribution in [2.24, 2.45) is 0 Å². The molecule has 0 spiro atoms. The van der Waals surface area contributed by atoms with E-state index >= 15 is 0 Å². The van der Waals surface area contributed by atoms with Crippen LogP contribution in [0.25, 0.3) is 76.9 Å². The monoisotopic (exact) mass is 663 g/mol. The van der Waals surface area contributed by atoms with Gasteiger partial charge in [0.2, 0.25) is 0 Å². The van der Waals surface area contributed by atoms with E-state index in [-0.39, 0.29) is 0 Å². The number of furan rings is 1. The first kappa shape index (κ1) is 30.0. The molecule has 0 aliphatic heterocycles. The molecule has 0 fully saturated rings. The van der Waals surface area contributed by atoms with Crippen LogP contribution in [-0.4, -0.2) is 0 Å². The van der Waals surface area contributed by atoms with E-state index in [1.807, 2.05) is 12.1 Å². The average Bonchev–Trinajstić information content (AvgIpc) is 3.60. The summed E-state index contributed by atoms with van der Waals surface area (Å²) < 4.78 is 6.56. The van der Waals surface area contributed by atoms with E-state index in [0.29, 0.717) is 0 Å². The van der Waals surface area contributed by atoms with Gasteiger partial charge in [0.1, 0.15) is 11.2 Å². The van der Waals surface area contributed by atoms with Gasteiger partial charge in [-0.15, -0.1) is 0 Å². The topological polar surface area (TPSA) is 16.4 Å². The first-order valence-corrected chi connectivity index (χ1v) is 17.8. The van der Waals surface area contributed by atoms with Crippen molar-refractivity contribution in [1.29, 1.82) is 0 Å². The van der Waals surface area contributed by atoms with Crippen LogP contribution in [0, 0.1) is 0 Å². The van der Waals surface area contributed by atoms with Crippen molar-refractivity contribution in [1.82, 2.24) is 0 Å². The highest BCUT2D eigenvalue weighted by Crippen LogP contribution is 2.45. The van der Waals surface area contributed by atoms with Gasteiger partial charge < -0.3 is 9.32 Å². The minimum atomic E-state index is 0.896. The minimum absolute atomic E-state index is 0.896. The molecule has 52 heavy (non-hydrogen) atoms. The van der Waals surface area contributed by atoms with Crippen molar-refractivity contribution >= 4 is 60.5 Å². The quantitative estimate of drug-likeness (QED) is 0.176. The van der Waals surface area contributed by atoms with E-state index in [9.17, 15) is 0 Å². The van der Waals surface area contributed by atoms with Gasteiger partial charge in [-0.05, 0) is 86.3 Å². The lowest BCUT2D eigenvalue weighted by molar-refractivity contribution is 0.670. The summed E-state index contributed by atoms with van der Waals surface area (Å²) in [6, 6.07) is 71.7. The van der Waals surface area contributed by atoms with E-state index in [4.69, 9.17) is 4.42 Å². The average molecular weight is 664 g/mol. The van der Waals surface area contributed by atoms with Crippen molar-refractivity contribution in [3.8, 4) is 33.4 Å². The van der Waals surface area contributed by atoms with Gasteiger partial charge in [-0.3, -0.25) is 0 Å². The molecule has 0 unspecified atom stereocenters. The number of para-hydroxylation sites is 3. The lowest BCUT2D eigenvalue weighted by Crippen LogP contribution is -2.11. The highest BCUT2D eigenvalue weighted by Gasteiger charge is 2.20. The van der Waals surface area contributed by atoms with Crippen LogP contribution in [0.1, 0.15) is 0 Å². The van der Waals surface area contributed by atoms with Gasteiger partial charge in [-0.2, -0.15) is 0 Å². The first-order chi connectivity index (χ1) is 25.8. The summed E-state index contributed by atoms with van der Waals surface area (Å²) in [5, 5.41) is 7.23. The number of hydrogen-bond acceptors (Lipinski definition) is 2. The fourth-order valence-electron chi connectivity index (χ4n) is 7.72. The van der Waals surface area contributed by atoms with Crippen LogP contribution in [0.15, 0.2) is 205 Å². The summed E-state index contributed by atoms with van der Waals surface area (Å²) in [6.07, 6.45) is 0. The van der Waals surface area contributed by atoms with Crippen LogP contribution in [0.3, 0.4) is 0 Å².